The van der Waals surface area contributed by atoms with Gasteiger partial charge in [0.15, 0.2) is 23.9 Å². The predicted octanol–water partition coefficient (Wildman–Crippen LogP) is 5.21. The van der Waals surface area contributed by atoms with E-state index in [9.17, 15) is 10.1 Å². The number of nitriles is 1. The molecule has 8 nitrogen and oxygen atoms in total. The first kappa shape index (κ1) is 24.1. The van der Waals surface area contributed by atoms with E-state index in [1.54, 1.807) is 24.3 Å². The summed E-state index contributed by atoms with van der Waals surface area (Å²) in [6, 6.07) is 20.9. The van der Waals surface area contributed by atoms with Gasteiger partial charge in [-0.3, -0.25) is 0 Å². The van der Waals surface area contributed by atoms with Gasteiger partial charge >= 0.3 is 5.97 Å². The molecule has 0 spiro atoms. The maximum absolute atomic E-state index is 12.5. The van der Waals surface area contributed by atoms with E-state index in [1.807, 2.05) is 47.0 Å². The number of aromatic nitrogens is 3. The van der Waals surface area contributed by atoms with E-state index in [0.717, 1.165) is 48.8 Å². The first-order valence-electron chi connectivity index (χ1n) is 12.2. The molecule has 5 rings (SSSR count). The van der Waals surface area contributed by atoms with Gasteiger partial charge in [-0.05, 0) is 59.5 Å². The second-order valence-corrected chi connectivity index (χ2v) is 8.75. The number of nitrogens with zero attached hydrogens (tertiary/aromatic N) is 4. The molecule has 0 saturated heterocycles. The van der Waals surface area contributed by atoms with Gasteiger partial charge in [-0.1, -0.05) is 42.8 Å². The number of rotatable bonds is 7. The number of carbonyl (C=O) groups is 1. The summed E-state index contributed by atoms with van der Waals surface area (Å²) in [5.41, 5.74) is 1.13. The number of hydrogen-bond acceptors (Lipinski definition) is 7. The van der Waals surface area contributed by atoms with Crippen molar-refractivity contribution in [1.29, 1.82) is 5.26 Å². The van der Waals surface area contributed by atoms with Crippen LogP contribution in [0.4, 0.5) is 0 Å². The van der Waals surface area contributed by atoms with Crippen LogP contribution < -0.4 is 14.2 Å². The molecule has 0 bridgehead atoms. The van der Waals surface area contributed by atoms with Crippen molar-refractivity contribution in [2.24, 2.45) is 0 Å². The lowest BCUT2D eigenvalue weighted by Gasteiger charge is -2.11. The van der Waals surface area contributed by atoms with Crippen molar-refractivity contribution in [1.82, 2.24) is 14.8 Å². The van der Waals surface area contributed by atoms with Crippen molar-refractivity contribution in [3.63, 3.8) is 0 Å². The first-order valence-corrected chi connectivity index (χ1v) is 12.2. The summed E-state index contributed by atoms with van der Waals surface area (Å²) < 4.78 is 18.6. The Kier molecular flexibility index (Phi) is 7.13. The third-order valence-electron chi connectivity index (χ3n) is 6.27. The molecule has 0 amide bonds. The Labute approximate surface area is 214 Å². The Bertz CT molecular complexity index is 1520. The lowest BCUT2D eigenvalue weighted by Crippen LogP contribution is -2.18. The molecule has 1 aliphatic heterocycles. The molecule has 0 fully saturated rings. The molecule has 0 unspecified atom stereocenters. The van der Waals surface area contributed by atoms with Gasteiger partial charge in [0.05, 0.1) is 12.7 Å². The van der Waals surface area contributed by atoms with E-state index in [0.29, 0.717) is 28.5 Å². The largest absolute Gasteiger partial charge is 0.493 e. The van der Waals surface area contributed by atoms with Crippen molar-refractivity contribution in [2.45, 2.75) is 32.2 Å². The highest BCUT2D eigenvalue weighted by molar-refractivity contribution is 5.88. The number of benzene rings is 3. The van der Waals surface area contributed by atoms with Gasteiger partial charge in [0.1, 0.15) is 17.6 Å². The number of allylic oxidation sites excluding steroid dienone is 1. The molecular formula is C29H26N4O4. The predicted molar refractivity (Wildman–Crippen MR) is 139 cm³/mol. The Hall–Kier alpha value is -4.64. The van der Waals surface area contributed by atoms with Crippen LogP contribution in [-0.4, -0.2) is 34.5 Å². The van der Waals surface area contributed by atoms with Gasteiger partial charge in [-0.15, -0.1) is 10.2 Å². The van der Waals surface area contributed by atoms with Crippen LogP contribution in [0.2, 0.25) is 0 Å². The Balaban J connectivity index is 1.29. The minimum absolute atomic E-state index is 0.250. The highest BCUT2D eigenvalue weighted by Crippen LogP contribution is 2.30. The average Bonchev–Trinajstić information content (AvgIpc) is 3.18. The number of ether oxygens (including phenoxy) is 3. The van der Waals surface area contributed by atoms with E-state index < -0.39 is 5.97 Å². The fraction of sp³-hybridized carbons (Fsp3) is 0.241. The van der Waals surface area contributed by atoms with E-state index in [4.69, 9.17) is 14.2 Å². The number of carbonyl (C=O) groups excluding carboxylic acids is 1. The van der Waals surface area contributed by atoms with Gasteiger partial charge in [0, 0.05) is 13.0 Å². The Morgan fingerprint density at radius 3 is 2.73 bits per heavy atom. The molecular weight excluding hydrogens is 468 g/mol. The third-order valence-corrected chi connectivity index (χ3v) is 6.27. The monoisotopic (exact) mass is 494 g/mol. The van der Waals surface area contributed by atoms with Crippen molar-refractivity contribution in [3.05, 3.63) is 77.9 Å². The number of methoxy groups -OCH3 is 1. The average molecular weight is 495 g/mol. The standard InChI is InChI=1S/C29H26N4O4/c1-35-26-16-20(15-23(18-30)29-32-31-27-9-3-2-6-14-33(27)29)10-13-25(26)37-28(34)19-36-24-12-11-21-7-4-5-8-22(21)17-24/h4-5,7-8,10-13,15-17H,2-3,6,9,14,19H2,1H3. The summed E-state index contributed by atoms with van der Waals surface area (Å²) in [4.78, 5) is 12.5. The highest BCUT2D eigenvalue weighted by atomic mass is 16.6. The highest BCUT2D eigenvalue weighted by Gasteiger charge is 2.18. The minimum Gasteiger partial charge on any atom is -0.493 e. The zero-order chi connectivity index (χ0) is 25.6. The summed E-state index contributed by atoms with van der Waals surface area (Å²) in [6.07, 6.45) is 5.85. The fourth-order valence-electron chi connectivity index (χ4n) is 4.41. The molecule has 0 radical (unpaired) electrons. The number of aryl methyl sites for hydroxylation is 1. The number of fused-ring (bicyclic) bond motifs is 2. The van der Waals surface area contributed by atoms with Crippen LogP contribution in [0.15, 0.2) is 60.7 Å². The molecule has 4 aromatic rings. The normalized spacial score (nSPS) is 13.4. The lowest BCUT2D eigenvalue weighted by molar-refractivity contribution is -0.136. The molecule has 0 aliphatic carbocycles. The summed E-state index contributed by atoms with van der Waals surface area (Å²) >= 11 is 0. The molecule has 0 N–H and O–H groups in total. The van der Waals surface area contributed by atoms with Crippen LogP contribution >= 0.6 is 0 Å². The quantitative estimate of drug-likeness (QED) is 0.197. The summed E-state index contributed by atoms with van der Waals surface area (Å²) in [7, 11) is 1.50. The van der Waals surface area contributed by atoms with Crippen molar-refractivity contribution in [2.75, 3.05) is 13.7 Å². The molecule has 0 atom stereocenters. The van der Waals surface area contributed by atoms with Crippen molar-refractivity contribution < 1.29 is 19.0 Å². The first-order chi connectivity index (χ1) is 18.1. The van der Waals surface area contributed by atoms with E-state index >= 15 is 0 Å². The van der Waals surface area contributed by atoms with Crippen LogP contribution in [0.1, 0.15) is 36.5 Å². The molecule has 3 aromatic carbocycles. The molecule has 8 heteroatoms. The van der Waals surface area contributed by atoms with Crippen LogP contribution in [0.25, 0.3) is 22.4 Å². The zero-order valence-electron chi connectivity index (χ0n) is 20.5. The topological polar surface area (TPSA) is 99.3 Å². The second-order valence-electron chi connectivity index (χ2n) is 8.75. The number of esters is 1. The van der Waals surface area contributed by atoms with E-state index in [1.165, 1.54) is 7.11 Å². The van der Waals surface area contributed by atoms with Gasteiger partial charge < -0.3 is 18.8 Å². The van der Waals surface area contributed by atoms with Crippen molar-refractivity contribution >= 4 is 28.4 Å². The summed E-state index contributed by atoms with van der Waals surface area (Å²) in [6.45, 7) is 0.551. The lowest BCUT2D eigenvalue weighted by atomic mass is 10.1. The van der Waals surface area contributed by atoms with Crippen LogP contribution in [0, 0.1) is 11.3 Å². The number of hydrogen-bond donors (Lipinski definition) is 0. The molecule has 186 valence electrons. The van der Waals surface area contributed by atoms with Gasteiger partial charge in [0.2, 0.25) is 0 Å². The molecule has 37 heavy (non-hydrogen) atoms. The third kappa shape index (κ3) is 5.46. The molecule has 2 heterocycles. The smallest absolute Gasteiger partial charge is 0.349 e. The van der Waals surface area contributed by atoms with E-state index in [2.05, 4.69) is 16.3 Å². The molecule has 1 aromatic heterocycles. The van der Waals surface area contributed by atoms with Crippen molar-refractivity contribution in [3.8, 4) is 23.3 Å². The maximum atomic E-state index is 12.5. The Morgan fingerprint density at radius 1 is 1.03 bits per heavy atom. The van der Waals surface area contributed by atoms with Gasteiger partial charge in [-0.25, -0.2) is 4.79 Å². The SMILES string of the molecule is COc1cc(C=C(C#N)c2nnc3n2CCCCC3)ccc1OC(=O)COc1ccc2ccccc2c1. The summed E-state index contributed by atoms with van der Waals surface area (Å²) in [5.74, 6) is 2.14. The van der Waals surface area contributed by atoms with Gasteiger partial charge in [-0.2, -0.15) is 5.26 Å². The van der Waals surface area contributed by atoms with Crippen LogP contribution in [-0.2, 0) is 17.8 Å². The van der Waals surface area contributed by atoms with Crippen LogP contribution in [0.5, 0.6) is 17.2 Å². The van der Waals surface area contributed by atoms with Crippen LogP contribution in [0.3, 0.4) is 0 Å². The second kappa shape index (κ2) is 11.0. The minimum atomic E-state index is -0.557. The summed E-state index contributed by atoms with van der Waals surface area (Å²) in [5, 5.41) is 20.5. The zero-order valence-corrected chi connectivity index (χ0v) is 20.5. The molecule has 0 saturated carbocycles. The maximum Gasteiger partial charge on any atom is 0.349 e. The fourth-order valence-corrected chi connectivity index (χ4v) is 4.41. The Morgan fingerprint density at radius 2 is 1.89 bits per heavy atom. The van der Waals surface area contributed by atoms with Gasteiger partial charge in [0.25, 0.3) is 0 Å². The molecule has 1 aliphatic rings. The van der Waals surface area contributed by atoms with E-state index in [-0.39, 0.29) is 12.4 Å².